The van der Waals surface area contributed by atoms with Crippen molar-refractivity contribution in [2.75, 3.05) is 24.2 Å². The smallest absolute Gasteiger partial charge is 0.137 e. The van der Waals surface area contributed by atoms with Gasteiger partial charge in [-0.1, -0.05) is 20.8 Å². The highest BCUT2D eigenvalue weighted by molar-refractivity contribution is 7.99. The summed E-state index contributed by atoms with van der Waals surface area (Å²) in [4.78, 5) is 9.23. The Kier molecular flexibility index (Phi) is 5.41. The number of nitrogens with one attached hydrogen (secondary N) is 1. The maximum atomic E-state index is 8.94. The number of aromatic nitrogens is 2. The number of rotatable bonds is 5. The van der Waals surface area contributed by atoms with Crippen molar-refractivity contribution in [3.05, 3.63) is 11.4 Å². The summed E-state index contributed by atoms with van der Waals surface area (Å²) >= 11 is 1.58. The molecule has 0 amide bonds. The van der Waals surface area contributed by atoms with Gasteiger partial charge in [0.05, 0.1) is 6.61 Å². The number of aliphatic hydroxyl groups excluding tert-OH is 1. The van der Waals surface area contributed by atoms with Crippen molar-refractivity contribution < 1.29 is 5.11 Å². The SMILES string of the molecule is CCNc1nc(C(C)(C)C)nc(SCCO)c1C. The van der Waals surface area contributed by atoms with Gasteiger partial charge in [-0.15, -0.1) is 11.8 Å². The molecular weight excluding hydrogens is 246 g/mol. The van der Waals surface area contributed by atoms with Crippen molar-refractivity contribution in [3.63, 3.8) is 0 Å². The molecule has 1 aromatic rings. The van der Waals surface area contributed by atoms with Crippen LogP contribution in [0.2, 0.25) is 0 Å². The lowest BCUT2D eigenvalue weighted by Gasteiger charge is -2.20. The fourth-order valence-corrected chi connectivity index (χ4v) is 2.20. The maximum Gasteiger partial charge on any atom is 0.137 e. The molecular formula is C13H23N3OS. The van der Waals surface area contributed by atoms with Crippen LogP contribution in [0.5, 0.6) is 0 Å². The standard InChI is InChI=1S/C13H23N3OS/c1-6-14-10-9(2)11(18-8-7-17)16-12(15-10)13(3,4)5/h17H,6-8H2,1-5H3,(H,14,15,16). The van der Waals surface area contributed by atoms with Crippen LogP contribution in [0.25, 0.3) is 0 Å². The minimum atomic E-state index is -0.0770. The summed E-state index contributed by atoms with van der Waals surface area (Å²) in [5.41, 5.74) is 0.982. The third-order valence-electron chi connectivity index (χ3n) is 2.45. The summed E-state index contributed by atoms with van der Waals surface area (Å²) < 4.78 is 0. The van der Waals surface area contributed by atoms with Crippen molar-refractivity contribution in [1.82, 2.24) is 9.97 Å². The Morgan fingerprint density at radius 3 is 2.44 bits per heavy atom. The second-order valence-corrected chi connectivity index (χ2v) is 6.26. The Morgan fingerprint density at radius 2 is 1.94 bits per heavy atom. The molecule has 0 unspecified atom stereocenters. The highest BCUT2D eigenvalue weighted by Crippen LogP contribution is 2.28. The normalized spacial score (nSPS) is 11.7. The number of nitrogens with zero attached hydrogens (tertiary/aromatic N) is 2. The summed E-state index contributed by atoms with van der Waals surface area (Å²) in [7, 11) is 0. The van der Waals surface area contributed by atoms with Gasteiger partial charge in [-0.05, 0) is 13.8 Å². The third-order valence-corrected chi connectivity index (χ3v) is 3.50. The van der Waals surface area contributed by atoms with E-state index >= 15 is 0 Å². The number of thioether (sulfide) groups is 1. The molecule has 1 aromatic heterocycles. The molecule has 0 aliphatic rings. The highest BCUT2D eigenvalue weighted by atomic mass is 32.2. The second kappa shape index (κ2) is 6.38. The van der Waals surface area contributed by atoms with Crippen molar-refractivity contribution in [2.24, 2.45) is 0 Å². The molecule has 0 saturated carbocycles. The van der Waals surface area contributed by atoms with Gasteiger partial charge in [0.1, 0.15) is 16.7 Å². The zero-order chi connectivity index (χ0) is 13.8. The molecule has 4 nitrogen and oxygen atoms in total. The van der Waals surface area contributed by atoms with E-state index in [0.717, 1.165) is 28.8 Å². The fraction of sp³-hybridized carbons (Fsp3) is 0.692. The Balaban J connectivity index is 3.18. The van der Waals surface area contributed by atoms with Crippen LogP contribution in [-0.4, -0.2) is 34.0 Å². The van der Waals surface area contributed by atoms with E-state index in [1.54, 1.807) is 11.8 Å². The highest BCUT2D eigenvalue weighted by Gasteiger charge is 2.21. The number of hydrogen-bond donors (Lipinski definition) is 2. The van der Waals surface area contributed by atoms with Gasteiger partial charge in [0.2, 0.25) is 0 Å². The Hall–Kier alpha value is -0.810. The molecule has 18 heavy (non-hydrogen) atoms. The van der Waals surface area contributed by atoms with Gasteiger partial charge in [0, 0.05) is 23.3 Å². The lowest BCUT2D eigenvalue weighted by atomic mass is 9.95. The Morgan fingerprint density at radius 1 is 1.28 bits per heavy atom. The van der Waals surface area contributed by atoms with E-state index in [4.69, 9.17) is 5.11 Å². The zero-order valence-corrected chi connectivity index (χ0v) is 12.7. The lowest BCUT2D eigenvalue weighted by Crippen LogP contribution is -2.19. The van der Waals surface area contributed by atoms with Crippen LogP contribution < -0.4 is 5.32 Å². The summed E-state index contributed by atoms with van der Waals surface area (Å²) in [6, 6.07) is 0. The molecule has 5 heteroatoms. The van der Waals surface area contributed by atoms with E-state index < -0.39 is 0 Å². The molecule has 2 N–H and O–H groups in total. The molecule has 102 valence electrons. The van der Waals surface area contributed by atoms with Gasteiger partial charge < -0.3 is 10.4 Å². The van der Waals surface area contributed by atoms with Crippen molar-refractivity contribution in [3.8, 4) is 0 Å². The average Bonchev–Trinajstić information content (AvgIpc) is 2.29. The topological polar surface area (TPSA) is 58.0 Å². The maximum absolute atomic E-state index is 8.94. The van der Waals surface area contributed by atoms with Gasteiger partial charge in [-0.25, -0.2) is 9.97 Å². The molecule has 0 atom stereocenters. The molecule has 0 fully saturated rings. The minimum Gasteiger partial charge on any atom is -0.396 e. The average molecular weight is 269 g/mol. The summed E-state index contributed by atoms with van der Waals surface area (Å²) in [6.07, 6.45) is 0. The van der Waals surface area contributed by atoms with E-state index in [-0.39, 0.29) is 12.0 Å². The Bertz CT molecular complexity index is 402. The second-order valence-electron chi connectivity index (χ2n) is 5.18. The minimum absolute atomic E-state index is 0.0770. The molecule has 0 bridgehead atoms. The molecule has 1 rings (SSSR count). The predicted octanol–water partition coefficient (Wildman–Crippen LogP) is 2.60. The Labute approximate surface area is 114 Å². The fourth-order valence-electron chi connectivity index (χ4n) is 1.45. The first-order chi connectivity index (χ1) is 8.40. The van der Waals surface area contributed by atoms with E-state index in [1.165, 1.54) is 0 Å². The van der Waals surface area contributed by atoms with Crippen LogP contribution in [0.1, 0.15) is 39.1 Å². The summed E-state index contributed by atoms with van der Waals surface area (Å²) in [6.45, 7) is 11.4. The number of anilines is 1. The van der Waals surface area contributed by atoms with Gasteiger partial charge in [-0.3, -0.25) is 0 Å². The van der Waals surface area contributed by atoms with Gasteiger partial charge >= 0.3 is 0 Å². The van der Waals surface area contributed by atoms with Crippen LogP contribution in [0.4, 0.5) is 5.82 Å². The van der Waals surface area contributed by atoms with Crippen LogP contribution in [0, 0.1) is 6.92 Å². The van der Waals surface area contributed by atoms with Crippen LogP contribution >= 0.6 is 11.8 Å². The van der Waals surface area contributed by atoms with Gasteiger partial charge in [0.15, 0.2) is 0 Å². The largest absolute Gasteiger partial charge is 0.396 e. The van der Waals surface area contributed by atoms with Gasteiger partial charge in [-0.2, -0.15) is 0 Å². The predicted molar refractivity (Wildman–Crippen MR) is 77.4 cm³/mol. The first kappa shape index (κ1) is 15.2. The third kappa shape index (κ3) is 3.85. The van der Waals surface area contributed by atoms with E-state index in [9.17, 15) is 0 Å². The molecule has 0 aliphatic heterocycles. The molecule has 0 aromatic carbocycles. The summed E-state index contributed by atoms with van der Waals surface area (Å²) in [5.74, 6) is 2.40. The monoisotopic (exact) mass is 269 g/mol. The van der Waals surface area contributed by atoms with E-state index in [1.807, 2.05) is 6.92 Å². The summed E-state index contributed by atoms with van der Waals surface area (Å²) in [5, 5.41) is 13.2. The first-order valence-corrected chi connectivity index (χ1v) is 7.25. The van der Waals surface area contributed by atoms with Crippen LogP contribution in [0.3, 0.4) is 0 Å². The van der Waals surface area contributed by atoms with Crippen molar-refractivity contribution in [1.29, 1.82) is 0 Å². The molecule has 1 heterocycles. The molecule has 0 radical (unpaired) electrons. The molecule has 0 saturated heterocycles. The van der Waals surface area contributed by atoms with Gasteiger partial charge in [0.25, 0.3) is 0 Å². The molecule has 0 aliphatic carbocycles. The zero-order valence-electron chi connectivity index (χ0n) is 11.9. The quantitative estimate of drug-likeness (QED) is 0.635. The number of hydrogen-bond acceptors (Lipinski definition) is 5. The van der Waals surface area contributed by atoms with Crippen LogP contribution in [0.15, 0.2) is 5.03 Å². The van der Waals surface area contributed by atoms with E-state index in [0.29, 0.717) is 5.75 Å². The first-order valence-electron chi connectivity index (χ1n) is 6.26. The lowest BCUT2D eigenvalue weighted by molar-refractivity contribution is 0.322. The van der Waals surface area contributed by atoms with E-state index in [2.05, 4.69) is 43.0 Å². The van der Waals surface area contributed by atoms with Crippen LogP contribution in [-0.2, 0) is 5.41 Å². The number of aliphatic hydroxyl groups is 1. The molecule has 0 spiro atoms. The van der Waals surface area contributed by atoms with Crippen molar-refractivity contribution >= 4 is 17.6 Å². The van der Waals surface area contributed by atoms with Crippen molar-refractivity contribution in [2.45, 2.75) is 45.1 Å².